The van der Waals surface area contributed by atoms with Crippen molar-refractivity contribution in [2.45, 2.75) is 39.9 Å². The number of hydrogen-bond acceptors (Lipinski definition) is 5. The number of para-hydroxylation sites is 1. The van der Waals surface area contributed by atoms with E-state index < -0.39 is 10.9 Å². The van der Waals surface area contributed by atoms with Gasteiger partial charge in [0.1, 0.15) is 5.56 Å². The molecule has 6 nitrogen and oxygen atoms in total. The Balaban J connectivity index is 3.26. The van der Waals surface area contributed by atoms with E-state index in [0.717, 1.165) is 0 Å². The van der Waals surface area contributed by atoms with E-state index in [2.05, 4.69) is 0 Å². The number of ether oxygens (including phenoxy) is 2. The fourth-order valence-corrected chi connectivity index (χ4v) is 1.47. The molecule has 0 heterocycles. The second kappa shape index (κ2) is 6.17. The van der Waals surface area contributed by atoms with Crippen LogP contribution in [-0.2, 0) is 4.74 Å². The van der Waals surface area contributed by atoms with E-state index >= 15 is 0 Å². The highest BCUT2D eigenvalue weighted by molar-refractivity contribution is 5.94. The Hall–Kier alpha value is -2.11. The molecule has 1 rings (SSSR count). The summed E-state index contributed by atoms with van der Waals surface area (Å²) in [5.74, 6) is -0.678. The molecule has 0 bridgehead atoms. The van der Waals surface area contributed by atoms with Crippen LogP contribution >= 0.6 is 0 Å². The van der Waals surface area contributed by atoms with Gasteiger partial charge in [0, 0.05) is 6.07 Å². The van der Waals surface area contributed by atoms with Gasteiger partial charge in [-0.15, -0.1) is 0 Å². The number of benzene rings is 1. The van der Waals surface area contributed by atoms with E-state index in [1.807, 2.05) is 0 Å². The van der Waals surface area contributed by atoms with Crippen LogP contribution in [0.15, 0.2) is 18.2 Å². The number of esters is 1. The fraction of sp³-hybridized carbons (Fsp3) is 0.462. The zero-order valence-electron chi connectivity index (χ0n) is 11.4. The molecule has 104 valence electrons. The number of carbonyl (C=O) groups is 1. The van der Waals surface area contributed by atoms with Crippen molar-refractivity contribution in [3.8, 4) is 5.75 Å². The zero-order chi connectivity index (χ0) is 14.6. The number of carbonyl (C=O) groups excluding carboxylic acids is 1. The molecule has 1 aromatic carbocycles. The minimum Gasteiger partial charge on any atom is -0.483 e. The summed E-state index contributed by atoms with van der Waals surface area (Å²) in [6.07, 6.45) is -0.592. The van der Waals surface area contributed by atoms with Crippen molar-refractivity contribution in [1.29, 1.82) is 0 Å². The van der Waals surface area contributed by atoms with E-state index in [-0.39, 0.29) is 29.2 Å². The summed E-state index contributed by atoms with van der Waals surface area (Å²) in [6, 6.07) is 4.18. The topological polar surface area (TPSA) is 78.7 Å². The number of nitro benzene ring substituents is 1. The maximum Gasteiger partial charge on any atom is 0.342 e. The van der Waals surface area contributed by atoms with E-state index in [9.17, 15) is 14.9 Å². The lowest BCUT2D eigenvalue weighted by atomic mass is 10.1. The van der Waals surface area contributed by atoms with Crippen LogP contribution < -0.4 is 4.74 Å². The van der Waals surface area contributed by atoms with E-state index in [0.29, 0.717) is 0 Å². The molecule has 0 amide bonds. The summed E-state index contributed by atoms with van der Waals surface area (Å²) >= 11 is 0. The molecule has 0 aliphatic heterocycles. The van der Waals surface area contributed by atoms with Gasteiger partial charge in [0.25, 0.3) is 0 Å². The molecule has 0 radical (unpaired) electrons. The zero-order valence-corrected chi connectivity index (χ0v) is 11.4. The summed E-state index contributed by atoms with van der Waals surface area (Å²) in [7, 11) is 0. The average Bonchev–Trinajstić information content (AvgIpc) is 2.26. The molecule has 0 saturated heterocycles. The number of nitrogens with zero attached hydrogens (tertiary/aromatic N) is 1. The van der Waals surface area contributed by atoms with Crippen molar-refractivity contribution in [3.63, 3.8) is 0 Å². The first-order valence-electron chi connectivity index (χ1n) is 5.98. The van der Waals surface area contributed by atoms with Crippen LogP contribution in [0.5, 0.6) is 5.75 Å². The molecule has 0 spiro atoms. The first-order valence-corrected chi connectivity index (χ1v) is 5.98. The molecule has 19 heavy (non-hydrogen) atoms. The molecule has 0 N–H and O–H groups in total. The summed E-state index contributed by atoms with van der Waals surface area (Å²) in [6.45, 7) is 6.87. The molecular weight excluding hydrogens is 250 g/mol. The number of nitro groups is 1. The van der Waals surface area contributed by atoms with E-state index in [1.165, 1.54) is 18.2 Å². The van der Waals surface area contributed by atoms with E-state index in [1.54, 1.807) is 27.7 Å². The first kappa shape index (κ1) is 14.9. The van der Waals surface area contributed by atoms with Gasteiger partial charge < -0.3 is 9.47 Å². The van der Waals surface area contributed by atoms with Gasteiger partial charge in [-0.3, -0.25) is 10.1 Å². The summed E-state index contributed by atoms with van der Waals surface area (Å²) < 4.78 is 10.4. The molecular formula is C13H17NO5. The van der Waals surface area contributed by atoms with Gasteiger partial charge >= 0.3 is 11.7 Å². The third kappa shape index (κ3) is 3.94. The normalized spacial score (nSPS) is 10.6. The third-order valence-electron chi connectivity index (χ3n) is 2.11. The highest BCUT2D eigenvalue weighted by Crippen LogP contribution is 2.32. The molecule has 0 saturated carbocycles. The Morgan fingerprint density at radius 3 is 2.32 bits per heavy atom. The van der Waals surface area contributed by atoms with Crippen LogP contribution in [0.2, 0.25) is 0 Å². The van der Waals surface area contributed by atoms with Gasteiger partial charge in [0.15, 0.2) is 0 Å². The van der Waals surface area contributed by atoms with Crippen LogP contribution in [0.4, 0.5) is 5.69 Å². The van der Waals surface area contributed by atoms with Gasteiger partial charge in [-0.05, 0) is 33.8 Å². The lowest BCUT2D eigenvalue weighted by Crippen LogP contribution is -2.16. The lowest BCUT2D eigenvalue weighted by Gasteiger charge is -2.14. The fourth-order valence-electron chi connectivity index (χ4n) is 1.47. The largest absolute Gasteiger partial charge is 0.483 e. The highest BCUT2D eigenvalue weighted by atomic mass is 16.6. The minimum absolute atomic E-state index is 0.0480. The van der Waals surface area contributed by atoms with Gasteiger partial charge in [-0.1, -0.05) is 6.07 Å². The van der Waals surface area contributed by atoms with Gasteiger partial charge in [0.05, 0.1) is 17.1 Å². The molecule has 0 aliphatic rings. The summed E-state index contributed by atoms with van der Waals surface area (Å²) in [5.41, 5.74) is -0.177. The van der Waals surface area contributed by atoms with Crippen LogP contribution in [0.3, 0.4) is 0 Å². The van der Waals surface area contributed by atoms with Crippen LogP contribution in [0.1, 0.15) is 38.1 Å². The van der Waals surface area contributed by atoms with Crippen molar-refractivity contribution >= 4 is 11.7 Å². The Bertz CT molecular complexity index is 482. The van der Waals surface area contributed by atoms with E-state index in [4.69, 9.17) is 9.47 Å². The van der Waals surface area contributed by atoms with Crippen molar-refractivity contribution in [1.82, 2.24) is 0 Å². The van der Waals surface area contributed by atoms with Gasteiger partial charge in [0.2, 0.25) is 5.75 Å². The molecule has 0 atom stereocenters. The molecule has 1 aromatic rings. The average molecular weight is 267 g/mol. The first-order chi connectivity index (χ1) is 8.82. The van der Waals surface area contributed by atoms with Crippen LogP contribution in [-0.4, -0.2) is 23.1 Å². The summed E-state index contributed by atoms with van der Waals surface area (Å²) in [4.78, 5) is 22.3. The monoisotopic (exact) mass is 267 g/mol. The smallest absolute Gasteiger partial charge is 0.342 e. The SMILES string of the molecule is CC(C)OC(=O)c1cccc([N+](=O)[O-])c1OC(C)C. The quantitative estimate of drug-likeness (QED) is 0.465. The minimum atomic E-state index is -0.630. The molecule has 6 heteroatoms. The van der Waals surface area contributed by atoms with Crippen molar-refractivity contribution in [2.75, 3.05) is 0 Å². The van der Waals surface area contributed by atoms with Gasteiger partial charge in [-0.25, -0.2) is 4.79 Å². The highest BCUT2D eigenvalue weighted by Gasteiger charge is 2.25. The number of hydrogen-bond donors (Lipinski definition) is 0. The predicted octanol–water partition coefficient (Wildman–Crippen LogP) is 2.95. The standard InChI is InChI=1S/C13H17NO5/c1-8(2)18-12-10(13(15)19-9(3)4)6-5-7-11(12)14(16)17/h5-9H,1-4H3. The Morgan fingerprint density at radius 2 is 1.84 bits per heavy atom. The third-order valence-corrected chi connectivity index (χ3v) is 2.11. The van der Waals surface area contributed by atoms with Crippen molar-refractivity contribution < 1.29 is 19.2 Å². The van der Waals surface area contributed by atoms with Crippen molar-refractivity contribution in [3.05, 3.63) is 33.9 Å². The number of rotatable bonds is 5. The van der Waals surface area contributed by atoms with Gasteiger partial charge in [-0.2, -0.15) is 0 Å². The predicted molar refractivity (Wildman–Crippen MR) is 69.4 cm³/mol. The van der Waals surface area contributed by atoms with Crippen LogP contribution in [0.25, 0.3) is 0 Å². The van der Waals surface area contributed by atoms with Crippen molar-refractivity contribution in [2.24, 2.45) is 0 Å². The lowest BCUT2D eigenvalue weighted by molar-refractivity contribution is -0.386. The molecule has 0 aliphatic carbocycles. The Morgan fingerprint density at radius 1 is 1.21 bits per heavy atom. The molecule has 0 fully saturated rings. The van der Waals surface area contributed by atoms with Crippen LogP contribution in [0, 0.1) is 10.1 Å². The second-order valence-corrected chi connectivity index (χ2v) is 4.53. The molecule has 0 unspecified atom stereocenters. The molecule has 0 aromatic heterocycles. The Labute approximate surface area is 111 Å². The Kier molecular flexibility index (Phi) is 4.86. The second-order valence-electron chi connectivity index (χ2n) is 4.53. The summed E-state index contributed by atoms with van der Waals surface area (Å²) in [5, 5.41) is 11.0. The maximum absolute atomic E-state index is 11.9. The maximum atomic E-state index is 11.9.